The lowest BCUT2D eigenvalue weighted by Gasteiger charge is -2.16. The van der Waals surface area contributed by atoms with E-state index in [1.807, 2.05) is 57.2 Å². The topological polar surface area (TPSA) is 67.9 Å². The minimum Gasteiger partial charge on any atom is -0.497 e. The first kappa shape index (κ1) is 22.1. The molecule has 33 heavy (non-hydrogen) atoms. The van der Waals surface area contributed by atoms with Gasteiger partial charge in [-0.2, -0.15) is 0 Å². The van der Waals surface area contributed by atoms with Gasteiger partial charge in [0.25, 0.3) is 11.8 Å². The maximum absolute atomic E-state index is 13.7. The van der Waals surface area contributed by atoms with Crippen LogP contribution in [0.2, 0.25) is 0 Å². The third-order valence-electron chi connectivity index (χ3n) is 5.68. The monoisotopic (exact) mass is 442 g/mol. The first-order valence-electron chi connectivity index (χ1n) is 10.6. The fourth-order valence-corrected chi connectivity index (χ4v) is 4.01. The number of imide groups is 1. The molecule has 6 nitrogen and oxygen atoms in total. The largest absolute Gasteiger partial charge is 0.497 e. The molecule has 2 amide bonds. The Bertz CT molecular complexity index is 1280. The van der Waals surface area contributed by atoms with Gasteiger partial charge in [-0.1, -0.05) is 29.8 Å². The minimum atomic E-state index is -0.427. The normalized spacial score (nSPS) is 13.5. The van der Waals surface area contributed by atoms with Gasteiger partial charge in [0.05, 0.1) is 31.2 Å². The number of aryl methyl sites for hydroxylation is 3. The molecule has 1 aliphatic rings. The molecule has 3 aromatic carbocycles. The third kappa shape index (κ3) is 4.07. The van der Waals surface area contributed by atoms with Crippen LogP contribution < -0.4 is 19.7 Å². The van der Waals surface area contributed by atoms with E-state index in [-0.39, 0.29) is 11.6 Å². The van der Waals surface area contributed by atoms with Crippen LogP contribution in [0.25, 0.3) is 5.57 Å². The van der Waals surface area contributed by atoms with Gasteiger partial charge in [-0.25, -0.2) is 4.90 Å². The van der Waals surface area contributed by atoms with E-state index >= 15 is 0 Å². The molecular weight excluding hydrogens is 416 g/mol. The highest BCUT2D eigenvalue weighted by Gasteiger charge is 2.41. The summed E-state index contributed by atoms with van der Waals surface area (Å²) in [7, 11) is 3.14. The predicted molar refractivity (Wildman–Crippen MR) is 130 cm³/mol. The lowest BCUT2D eigenvalue weighted by atomic mass is 9.97. The molecule has 168 valence electrons. The number of hydrogen-bond acceptors (Lipinski definition) is 5. The van der Waals surface area contributed by atoms with Gasteiger partial charge in [0.15, 0.2) is 0 Å². The van der Waals surface area contributed by atoms with E-state index in [1.165, 1.54) is 4.90 Å². The Kier molecular flexibility index (Phi) is 5.92. The average molecular weight is 443 g/mol. The van der Waals surface area contributed by atoms with Crippen molar-refractivity contribution in [3.05, 3.63) is 88.6 Å². The van der Waals surface area contributed by atoms with Gasteiger partial charge in [-0.05, 0) is 73.9 Å². The van der Waals surface area contributed by atoms with Crippen molar-refractivity contribution in [2.75, 3.05) is 24.4 Å². The highest BCUT2D eigenvalue weighted by atomic mass is 16.5. The van der Waals surface area contributed by atoms with Crippen molar-refractivity contribution in [3.8, 4) is 11.5 Å². The summed E-state index contributed by atoms with van der Waals surface area (Å²) in [6.07, 6.45) is 0. The first-order chi connectivity index (χ1) is 15.8. The molecule has 0 aliphatic carbocycles. The smallest absolute Gasteiger partial charge is 0.282 e. The molecule has 0 spiro atoms. The number of amides is 2. The summed E-state index contributed by atoms with van der Waals surface area (Å²) in [6, 6.07) is 18.3. The number of hydrogen-bond donors (Lipinski definition) is 1. The van der Waals surface area contributed by atoms with Crippen LogP contribution in [0.5, 0.6) is 11.5 Å². The van der Waals surface area contributed by atoms with Crippen LogP contribution in [0.1, 0.15) is 22.3 Å². The molecule has 0 unspecified atom stereocenters. The molecule has 0 radical (unpaired) electrons. The standard InChI is InChI=1S/C27H26N2O4/c1-16-6-12-21(18(3)14-16)24-25(28-22-15-17(2)7-13-23(22)33-5)27(31)29(26(24)30)19-8-10-20(32-4)11-9-19/h6-15,28H,1-5H3. The zero-order valence-electron chi connectivity index (χ0n) is 19.4. The Morgan fingerprint density at radius 3 is 2.06 bits per heavy atom. The van der Waals surface area contributed by atoms with Gasteiger partial charge in [-0.15, -0.1) is 0 Å². The number of carbonyl (C=O) groups is 2. The number of methoxy groups -OCH3 is 2. The number of carbonyl (C=O) groups excluding carboxylic acids is 2. The fraction of sp³-hybridized carbons (Fsp3) is 0.185. The molecule has 0 atom stereocenters. The van der Waals surface area contributed by atoms with Crippen LogP contribution in [0.15, 0.2) is 66.4 Å². The lowest BCUT2D eigenvalue weighted by molar-refractivity contribution is -0.120. The second-order valence-corrected chi connectivity index (χ2v) is 8.04. The van der Waals surface area contributed by atoms with E-state index in [2.05, 4.69) is 5.32 Å². The molecule has 6 heteroatoms. The minimum absolute atomic E-state index is 0.215. The highest BCUT2D eigenvalue weighted by Crippen LogP contribution is 2.37. The molecule has 4 rings (SSSR count). The van der Waals surface area contributed by atoms with Gasteiger partial charge in [0, 0.05) is 0 Å². The van der Waals surface area contributed by atoms with Crippen molar-refractivity contribution in [3.63, 3.8) is 0 Å². The summed E-state index contributed by atoms with van der Waals surface area (Å²) in [5.74, 6) is 0.411. The number of nitrogens with one attached hydrogen (secondary N) is 1. The summed E-state index contributed by atoms with van der Waals surface area (Å²) in [5.41, 5.74) is 5.34. The molecule has 0 bridgehead atoms. The molecule has 0 fully saturated rings. The van der Waals surface area contributed by atoms with E-state index < -0.39 is 5.91 Å². The summed E-state index contributed by atoms with van der Waals surface area (Å²) in [5, 5.41) is 3.21. The maximum atomic E-state index is 13.7. The summed E-state index contributed by atoms with van der Waals surface area (Å²) < 4.78 is 10.7. The number of ether oxygens (including phenoxy) is 2. The third-order valence-corrected chi connectivity index (χ3v) is 5.68. The van der Waals surface area contributed by atoms with Gasteiger partial charge < -0.3 is 14.8 Å². The zero-order valence-corrected chi connectivity index (χ0v) is 19.4. The zero-order chi connectivity index (χ0) is 23.7. The Morgan fingerprint density at radius 2 is 1.42 bits per heavy atom. The maximum Gasteiger partial charge on any atom is 0.282 e. The first-order valence-corrected chi connectivity index (χ1v) is 10.6. The molecule has 0 saturated heterocycles. The van der Waals surface area contributed by atoms with E-state index in [0.29, 0.717) is 34.0 Å². The number of nitrogens with zero attached hydrogens (tertiary/aromatic N) is 1. The molecule has 3 aromatic rings. The quantitative estimate of drug-likeness (QED) is 0.543. The summed E-state index contributed by atoms with van der Waals surface area (Å²) in [4.78, 5) is 28.5. The van der Waals surface area contributed by atoms with Gasteiger partial charge in [0.2, 0.25) is 0 Å². The van der Waals surface area contributed by atoms with Crippen LogP contribution >= 0.6 is 0 Å². The Morgan fingerprint density at radius 1 is 0.758 bits per heavy atom. The average Bonchev–Trinajstić information content (AvgIpc) is 3.03. The molecule has 1 N–H and O–H groups in total. The Labute approximate surface area is 193 Å². The molecule has 0 aromatic heterocycles. The van der Waals surface area contributed by atoms with Crippen molar-refractivity contribution in [1.82, 2.24) is 0 Å². The van der Waals surface area contributed by atoms with Gasteiger partial charge >= 0.3 is 0 Å². The van der Waals surface area contributed by atoms with E-state index in [1.54, 1.807) is 38.5 Å². The van der Waals surface area contributed by atoms with Crippen LogP contribution in [0.4, 0.5) is 11.4 Å². The van der Waals surface area contributed by atoms with Crippen molar-refractivity contribution in [1.29, 1.82) is 0 Å². The second kappa shape index (κ2) is 8.82. The SMILES string of the molecule is COc1ccc(N2C(=O)C(Nc3cc(C)ccc3OC)=C(c3ccc(C)cc3C)C2=O)cc1. The second-order valence-electron chi connectivity index (χ2n) is 8.04. The van der Waals surface area contributed by atoms with Crippen LogP contribution in [0.3, 0.4) is 0 Å². The number of benzene rings is 3. The van der Waals surface area contributed by atoms with E-state index in [9.17, 15) is 9.59 Å². The van der Waals surface area contributed by atoms with Crippen LogP contribution in [0, 0.1) is 20.8 Å². The van der Waals surface area contributed by atoms with Crippen molar-refractivity contribution in [2.45, 2.75) is 20.8 Å². The molecule has 1 aliphatic heterocycles. The molecular formula is C27H26N2O4. The van der Waals surface area contributed by atoms with Crippen molar-refractivity contribution < 1.29 is 19.1 Å². The molecule has 0 saturated carbocycles. The Hall–Kier alpha value is -4.06. The van der Waals surface area contributed by atoms with Gasteiger partial charge in [0.1, 0.15) is 17.2 Å². The van der Waals surface area contributed by atoms with Gasteiger partial charge in [-0.3, -0.25) is 9.59 Å². The Balaban J connectivity index is 1.86. The van der Waals surface area contributed by atoms with Crippen molar-refractivity contribution >= 4 is 28.8 Å². The number of anilines is 2. The number of rotatable bonds is 6. The fourth-order valence-electron chi connectivity index (χ4n) is 4.01. The van der Waals surface area contributed by atoms with Crippen LogP contribution in [-0.4, -0.2) is 26.0 Å². The highest BCUT2D eigenvalue weighted by molar-refractivity contribution is 6.46. The van der Waals surface area contributed by atoms with E-state index in [4.69, 9.17) is 9.47 Å². The lowest BCUT2D eigenvalue weighted by Crippen LogP contribution is -2.32. The van der Waals surface area contributed by atoms with Crippen LogP contribution in [-0.2, 0) is 9.59 Å². The van der Waals surface area contributed by atoms with Crippen molar-refractivity contribution in [2.24, 2.45) is 0 Å². The summed E-state index contributed by atoms with van der Waals surface area (Å²) in [6.45, 7) is 5.89. The van der Waals surface area contributed by atoms with E-state index in [0.717, 1.165) is 16.7 Å². The molecule has 1 heterocycles. The predicted octanol–water partition coefficient (Wildman–Crippen LogP) is 5.03. The summed E-state index contributed by atoms with van der Waals surface area (Å²) >= 11 is 0.